The second-order valence-corrected chi connectivity index (χ2v) is 5.19. The van der Waals surface area contributed by atoms with E-state index in [2.05, 4.69) is 5.10 Å². The highest BCUT2D eigenvalue weighted by Crippen LogP contribution is 2.19. The SMILES string of the molecule is NC(=O)n1nc(Cc2ccccc2C(=O)O)c2ccccc2c1=O. The summed E-state index contributed by atoms with van der Waals surface area (Å²) in [7, 11) is 0. The molecule has 2 aromatic carbocycles. The van der Waals surface area contributed by atoms with Crippen LogP contribution in [0, 0.1) is 0 Å². The van der Waals surface area contributed by atoms with Crippen molar-refractivity contribution in [1.82, 2.24) is 9.78 Å². The van der Waals surface area contributed by atoms with Gasteiger partial charge in [-0.25, -0.2) is 9.59 Å². The third-order valence-corrected chi connectivity index (χ3v) is 3.70. The lowest BCUT2D eigenvalue weighted by atomic mass is 10.00. The lowest BCUT2D eigenvalue weighted by molar-refractivity contribution is 0.0696. The number of carbonyl (C=O) groups is 2. The summed E-state index contributed by atoms with van der Waals surface area (Å²) in [6, 6.07) is 12.2. The standard InChI is InChI=1S/C17H13N3O4/c18-17(24)20-15(21)13-8-4-3-7-12(13)14(19-20)9-10-5-1-2-6-11(10)16(22)23/h1-8H,9H2,(H2,18,24)(H,22,23). The Morgan fingerprint density at radius 1 is 1.04 bits per heavy atom. The number of hydrogen-bond acceptors (Lipinski definition) is 4. The topological polar surface area (TPSA) is 115 Å². The number of carbonyl (C=O) groups excluding carboxylic acids is 1. The highest BCUT2D eigenvalue weighted by atomic mass is 16.4. The molecule has 0 saturated heterocycles. The molecule has 24 heavy (non-hydrogen) atoms. The van der Waals surface area contributed by atoms with E-state index in [-0.39, 0.29) is 12.0 Å². The van der Waals surface area contributed by atoms with Crippen LogP contribution in [-0.2, 0) is 6.42 Å². The van der Waals surface area contributed by atoms with E-state index in [0.717, 1.165) is 0 Å². The Balaban J connectivity index is 2.24. The molecule has 120 valence electrons. The second-order valence-electron chi connectivity index (χ2n) is 5.19. The molecule has 1 amide bonds. The molecule has 0 atom stereocenters. The van der Waals surface area contributed by atoms with Crippen LogP contribution >= 0.6 is 0 Å². The molecule has 3 N–H and O–H groups in total. The molecule has 7 heteroatoms. The summed E-state index contributed by atoms with van der Waals surface area (Å²) in [6.45, 7) is 0. The van der Waals surface area contributed by atoms with Gasteiger partial charge in [-0.15, -0.1) is 4.68 Å². The van der Waals surface area contributed by atoms with Gasteiger partial charge in [0.1, 0.15) is 0 Å². The Hall–Kier alpha value is -3.48. The first-order valence-electron chi connectivity index (χ1n) is 7.11. The number of rotatable bonds is 3. The predicted octanol–water partition coefficient (Wildman–Crippen LogP) is 1.61. The van der Waals surface area contributed by atoms with Crippen molar-refractivity contribution in [1.29, 1.82) is 0 Å². The first kappa shape index (κ1) is 15.4. The summed E-state index contributed by atoms with van der Waals surface area (Å²) < 4.78 is 0.598. The van der Waals surface area contributed by atoms with E-state index >= 15 is 0 Å². The molecular formula is C17H13N3O4. The summed E-state index contributed by atoms with van der Waals surface area (Å²) in [6.07, 6.45) is 0.149. The van der Waals surface area contributed by atoms with Crippen molar-refractivity contribution in [3.63, 3.8) is 0 Å². The fourth-order valence-electron chi connectivity index (χ4n) is 2.60. The summed E-state index contributed by atoms with van der Waals surface area (Å²) in [5.41, 5.74) is 5.68. The first-order chi connectivity index (χ1) is 11.5. The molecule has 0 saturated carbocycles. The molecule has 0 fully saturated rings. The molecule has 1 aromatic heterocycles. The van der Waals surface area contributed by atoms with Gasteiger partial charge in [0.2, 0.25) is 0 Å². The minimum absolute atomic E-state index is 0.139. The lowest BCUT2D eigenvalue weighted by Gasteiger charge is -2.10. The van der Waals surface area contributed by atoms with E-state index in [0.29, 0.717) is 26.7 Å². The van der Waals surface area contributed by atoms with Crippen LogP contribution in [0.5, 0.6) is 0 Å². The third-order valence-electron chi connectivity index (χ3n) is 3.70. The molecule has 0 bridgehead atoms. The minimum atomic E-state index is -1.06. The summed E-state index contributed by atoms with van der Waals surface area (Å²) >= 11 is 0. The largest absolute Gasteiger partial charge is 0.478 e. The van der Waals surface area contributed by atoms with Crippen LogP contribution in [0.1, 0.15) is 21.6 Å². The number of benzene rings is 2. The monoisotopic (exact) mass is 323 g/mol. The molecule has 0 aliphatic heterocycles. The first-order valence-corrected chi connectivity index (χ1v) is 7.11. The number of aromatic carboxylic acids is 1. The van der Waals surface area contributed by atoms with Crippen molar-refractivity contribution in [2.45, 2.75) is 6.42 Å². The molecule has 0 radical (unpaired) electrons. The van der Waals surface area contributed by atoms with Crippen molar-refractivity contribution in [2.24, 2.45) is 5.73 Å². The highest BCUT2D eigenvalue weighted by molar-refractivity contribution is 5.90. The third kappa shape index (κ3) is 2.63. The van der Waals surface area contributed by atoms with Crippen molar-refractivity contribution in [2.75, 3.05) is 0 Å². The summed E-state index contributed by atoms with van der Waals surface area (Å²) in [5, 5.41) is 14.2. The van der Waals surface area contributed by atoms with Crippen molar-refractivity contribution < 1.29 is 14.7 Å². The minimum Gasteiger partial charge on any atom is -0.478 e. The van der Waals surface area contributed by atoms with Gasteiger partial charge in [0.15, 0.2) is 0 Å². The van der Waals surface area contributed by atoms with Crippen LogP contribution < -0.4 is 11.3 Å². The zero-order valence-corrected chi connectivity index (χ0v) is 12.5. The van der Waals surface area contributed by atoms with Gasteiger partial charge in [0.05, 0.1) is 16.6 Å². The molecule has 1 heterocycles. The van der Waals surface area contributed by atoms with E-state index in [1.807, 2.05) is 0 Å². The summed E-state index contributed by atoms with van der Waals surface area (Å²) in [4.78, 5) is 35.1. The number of aromatic nitrogens is 2. The van der Waals surface area contributed by atoms with E-state index in [9.17, 15) is 19.5 Å². The average Bonchev–Trinajstić information content (AvgIpc) is 2.57. The van der Waals surface area contributed by atoms with E-state index in [1.54, 1.807) is 42.5 Å². The number of fused-ring (bicyclic) bond motifs is 1. The smallest absolute Gasteiger partial charge is 0.342 e. The van der Waals surface area contributed by atoms with Crippen molar-refractivity contribution >= 4 is 22.8 Å². The van der Waals surface area contributed by atoms with Gasteiger partial charge in [-0.05, 0) is 17.7 Å². The molecule has 3 aromatic rings. The van der Waals surface area contributed by atoms with Gasteiger partial charge >= 0.3 is 12.0 Å². The molecule has 0 aliphatic rings. The van der Waals surface area contributed by atoms with Gasteiger partial charge in [-0.1, -0.05) is 36.4 Å². The number of nitrogens with two attached hydrogens (primary N) is 1. The molecule has 0 unspecified atom stereocenters. The van der Waals surface area contributed by atoms with E-state index in [1.165, 1.54) is 6.07 Å². The van der Waals surface area contributed by atoms with E-state index in [4.69, 9.17) is 5.73 Å². The maximum Gasteiger partial charge on any atom is 0.342 e. The number of carboxylic acid groups (broad SMARTS) is 1. The van der Waals surface area contributed by atoms with Crippen LogP contribution in [0.4, 0.5) is 4.79 Å². The van der Waals surface area contributed by atoms with Gasteiger partial charge < -0.3 is 10.8 Å². The lowest BCUT2D eigenvalue weighted by Crippen LogP contribution is -2.34. The van der Waals surface area contributed by atoms with Crippen LogP contribution in [0.3, 0.4) is 0 Å². The number of nitrogens with zero attached hydrogens (tertiary/aromatic N) is 2. The zero-order valence-electron chi connectivity index (χ0n) is 12.5. The normalized spacial score (nSPS) is 10.7. The molecule has 3 rings (SSSR count). The average molecular weight is 323 g/mol. The Kier molecular flexibility index (Phi) is 3.83. The number of primary amides is 1. The van der Waals surface area contributed by atoms with Gasteiger partial charge in [-0.3, -0.25) is 4.79 Å². The number of amides is 1. The number of carboxylic acids is 1. The van der Waals surface area contributed by atoms with Gasteiger partial charge in [-0.2, -0.15) is 5.10 Å². The van der Waals surface area contributed by atoms with Gasteiger partial charge in [0, 0.05) is 11.8 Å². The predicted molar refractivity (Wildman–Crippen MR) is 87.2 cm³/mol. The molecule has 7 nitrogen and oxygen atoms in total. The highest BCUT2D eigenvalue weighted by Gasteiger charge is 2.16. The quantitative estimate of drug-likeness (QED) is 0.760. The number of hydrogen-bond donors (Lipinski definition) is 2. The van der Waals surface area contributed by atoms with Crippen molar-refractivity contribution in [3.05, 3.63) is 75.7 Å². The maximum absolute atomic E-state index is 12.3. The molecule has 0 aliphatic carbocycles. The van der Waals surface area contributed by atoms with Crippen molar-refractivity contribution in [3.8, 4) is 0 Å². The Bertz CT molecular complexity index is 1020. The van der Waals surface area contributed by atoms with Gasteiger partial charge in [0.25, 0.3) is 5.56 Å². The Labute approximate surface area is 136 Å². The molecule has 0 spiro atoms. The molecular weight excluding hydrogens is 310 g/mol. The van der Waals surface area contributed by atoms with E-state index < -0.39 is 17.6 Å². The van der Waals surface area contributed by atoms with Crippen LogP contribution in [0.2, 0.25) is 0 Å². The Morgan fingerprint density at radius 2 is 1.67 bits per heavy atom. The Morgan fingerprint density at radius 3 is 2.33 bits per heavy atom. The summed E-state index contributed by atoms with van der Waals surface area (Å²) in [5.74, 6) is -1.06. The fourth-order valence-corrected chi connectivity index (χ4v) is 2.60. The van der Waals surface area contributed by atoms with Crippen LogP contribution in [-0.4, -0.2) is 26.9 Å². The fraction of sp³-hybridized carbons (Fsp3) is 0.0588. The maximum atomic E-state index is 12.3. The van der Waals surface area contributed by atoms with Crippen LogP contribution in [0.25, 0.3) is 10.8 Å². The second kappa shape index (κ2) is 5.96. The zero-order chi connectivity index (χ0) is 17.3. The van der Waals surface area contributed by atoms with Crippen LogP contribution in [0.15, 0.2) is 53.3 Å².